The van der Waals surface area contributed by atoms with Crippen LogP contribution in [0.1, 0.15) is 38.5 Å². The van der Waals surface area contributed by atoms with Crippen molar-refractivity contribution in [2.24, 2.45) is 0 Å². The van der Waals surface area contributed by atoms with Crippen molar-refractivity contribution in [3.05, 3.63) is 0 Å². The van der Waals surface area contributed by atoms with Crippen molar-refractivity contribution in [3.8, 4) is 0 Å². The van der Waals surface area contributed by atoms with Crippen molar-refractivity contribution < 1.29 is 4.79 Å². The Labute approximate surface area is 97.8 Å². The average Bonchev–Trinajstić information content (AvgIpc) is 2.24. The van der Waals surface area contributed by atoms with E-state index < -0.39 is 0 Å². The summed E-state index contributed by atoms with van der Waals surface area (Å²) in [6, 6.07) is 1.03. The Hall–Kier alpha value is -0.770. The Morgan fingerprint density at radius 3 is 2.69 bits per heavy atom. The van der Waals surface area contributed by atoms with Gasteiger partial charge in [0.05, 0.1) is 0 Å². The number of piperidine rings is 1. The lowest BCUT2D eigenvalue weighted by atomic mass is 9.93. The van der Waals surface area contributed by atoms with Crippen LogP contribution in [0.3, 0.4) is 0 Å². The summed E-state index contributed by atoms with van der Waals surface area (Å²) in [4.78, 5) is 13.6. The van der Waals surface area contributed by atoms with Gasteiger partial charge in [-0.1, -0.05) is 6.42 Å². The quantitative estimate of drug-likeness (QED) is 0.761. The second-order valence-corrected chi connectivity index (χ2v) is 5.10. The van der Waals surface area contributed by atoms with Crippen LogP contribution in [0.4, 0.5) is 4.79 Å². The molecule has 1 heterocycles. The van der Waals surface area contributed by atoms with E-state index >= 15 is 0 Å². The van der Waals surface area contributed by atoms with Gasteiger partial charge in [-0.05, 0) is 38.6 Å². The molecule has 1 aliphatic heterocycles. The van der Waals surface area contributed by atoms with E-state index in [2.05, 4.69) is 10.6 Å². The van der Waals surface area contributed by atoms with Gasteiger partial charge in [-0.2, -0.15) is 0 Å². The summed E-state index contributed by atoms with van der Waals surface area (Å²) in [5.41, 5.74) is 0. The number of likely N-dealkylation sites (N-methyl/N-ethyl adjacent to an activating group) is 1. The molecule has 92 valence electrons. The van der Waals surface area contributed by atoms with Crippen LogP contribution in [0.25, 0.3) is 0 Å². The van der Waals surface area contributed by atoms with Crippen LogP contribution in [-0.4, -0.2) is 43.2 Å². The average molecular weight is 225 g/mol. The lowest BCUT2D eigenvalue weighted by molar-refractivity contribution is 0.188. The van der Waals surface area contributed by atoms with Gasteiger partial charge >= 0.3 is 6.03 Å². The van der Waals surface area contributed by atoms with E-state index in [4.69, 9.17) is 0 Å². The van der Waals surface area contributed by atoms with Crippen LogP contribution in [-0.2, 0) is 0 Å². The molecule has 2 aliphatic rings. The largest absolute Gasteiger partial charge is 0.335 e. The third-order valence-corrected chi connectivity index (χ3v) is 3.69. The van der Waals surface area contributed by atoms with E-state index in [9.17, 15) is 4.79 Å². The maximum Gasteiger partial charge on any atom is 0.317 e. The molecule has 16 heavy (non-hydrogen) atoms. The molecule has 0 aromatic rings. The zero-order chi connectivity index (χ0) is 11.4. The molecule has 1 saturated carbocycles. The molecule has 0 bridgehead atoms. The fourth-order valence-electron chi connectivity index (χ4n) is 2.33. The summed E-state index contributed by atoms with van der Waals surface area (Å²) in [5.74, 6) is 0. The Balaban J connectivity index is 1.68. The second kappa shape index (κ2) is 5.53. The highest BCUT2D eigenvalue weighted by molar-refractivity contribution is 5.74. The van der Waals surface area contributed by atoms with Gasteiger partial charge in [0.25, 0.3) is 0 Å². The summed E-state index contributed by atoms with van der Waals surface area (Å²) >= 11 is 0. The van der Waals surface area contributed by atoms with Crippen molar-refractivity contribution in [3.63, 3.8) is 0 Å². The molecule has 4 nitrogen and oxygen atoms in total. The van der Waals surface area contributed by atoms with Crippen LogP contribution < -0.4 is 10.6 Å². The number of hydrogen-bond acceptors (Lipinski definition) is 2. The fourth-order valence-corrected chi connectivity index (χ4v) is 2.33. The zero-order valence-corrected chi connectivity index (χ0v) is 10.2. The molecule has 2 rings (SSSR count). The molecule has 1 atom stereocenters. The Bertz CT molecular complexity index is 234. The lowest BCUT2D eigenvalue weighted by Crippen LogP contribution is -2.50. The van der Waals surface area contributed by atoms with E-state index in [-0.39, 0.29) is 6.03 Å². The van der Waals surface area contributed by atoms with Crippen LogP contribution in [0.5, 0.6) is 0 Å². The first kappa shape index (κ1) is 11.7. The number of urea groups is 1. The monoisotopic (exact) mass is 225 g/mol. The van der Waals surface area contributed by atoms with Crippen molar-refractivity contribution in [1.82, 2.24) is 15.5 Å². The van der Waals surface area contributed by atoms with Gasteiger partial charge in [0, 0.05) is 25.7 Å². The third-order valence-electron chi connectivity index (χ3n) is 3.69. The molecule has 2 amide bonds. The summed E-state index contributed by atoms with van der Waals surface area (Å²) in [6.45, 7) is 1.93. The summed E-state index contributed by atoms with van der Waals surface area (Å²) < 4.78 is 0. The minimum Gasteiger partial charge on any atom is -0.335 e. The Morgan fingerprint density at radius 2 is 2.12 bits per heavy atom. The van der Waals surface area contributed by atoms with Crippen LogP contribution in [0, 0.1) is 0 Å². The lowest BCUT2D eigenvalue weighted by Gasteiger charge is -2.32. The summed E-state index contributed by atoms with van der Waals surface area (Å²) in [5, 5.41) is 6.53. The van der Waals surface area contributed by atoms with E-state index in [0.717, 1.165) is 25.9 Å². The smallest absolute Gasteiger partial charge is 0.317 e. The Kier molecular flexibility index (Phi) is 4.04. The van der Waals surface area contributed by atoms with Crippen LogP contribution in [0.2, 0.25) is 0 Å². The third kappa shape index (κ3) is 3.11. The molecule has 2 N–H and O–H groups in total. The standard InChI is InChI=1S/C12H23N3O/c1-15(9-11-5-2-3-8-13-11)12(16)14-10-6-4-7-10/h10-11,13H,2-9H2,1H3,(H,14,16). The van der Waals surface area contributed by atoms with E-state index in [1.807, 2.05) is 11.9 Å². The first-order valence-corrected chi connectivity index (χ1v) is 6.51. The number of amides is 2. The van der Waals surface area contributed by atoms with Crippen LogP contribution >= 0.6 is 0 Å². The van der Waals surface area contributed by atoms with Crippen molar-refractivity contribution in [1.29, 1.82) is 0 Å². The molecule has 0 radical (unpaired) electrons. The number of nitrogens with one attached hydrogen (secondary N) is 2. The van der Waals surface area contributed by atoms with E-state index in [1.165, 1.54) is 25.7 Å². The van der Waals surface area contributed by atoms with Gasteiger partial charge in [0.1, 0.15) is 0 Å². The van der Waals surface area contributed by atoms with Crippen molar-refractivity contribution in [2.45, 2.75) is 50.6 Å². The van der Waals surface area contributed by atoms with Gasteiger partial charge in [0.15, 0.2) is 0 Å². The molecule has 0 aromatic carbocycles. The van der Waals surface area contributed by atoms with Gasteiger partial charge in [0.2, 0.25) is 0 Å². The van der Waals surface area contributed by atoms with E-state index in [0.29, 0.717) is 12.1 Å². The SMILES string of the molecule is CN(CC1CCCCN1)C(=O)NC1CCC1. The molecule has 0 spiro atoms. The number of hydrogen-bond donors (Lipinski definition) is 2. The highest BCUT2D eigenvalue weighted by Crippen LogP contribution is 2.18. The highest BCUT2D eigenvalue weighted by Gasteiger charge is 2.22. The van der Waals surface area contributed by atoms with E-state index in [1.54, 1.807) is 0 Å². The van der Waals surface area contributed by atoms with Gasteiger partial charge in [-0.15, -0.1) is 0 Å². The predicted octanol–water partition coefficient (Wildman–Crippen LogP) is 1.32. The topological polar surface area (TPSA) is 44.4 Å². The second-order valence-electron chi connectivity index (χ2n) is 5.10. The molecule has 0 aromatic heterocycles. The first-order valence-electron chi connectivity index (χ1n) is 6.51. The fraction of sp³-hybridized carbons (Fsp3) is 0.917. The minimum absolute atomic E-state index is 0.0945. The van der Waals surface area contributed by atoms with Gasteiger partial charge < -0.3 is 15.5 Å². The molecule has 1 aliphatic carbocycles. The maximum absolute atomic E-state index is 11.8. The summed E-state index contributed by atoms with van der Waals surface area (Å²) in [6.07, 6.45) is 7.33. The van der Waals surface area contributed by atoms with Gasteiger partial charge in [-0.3, -0.25) is 0 Å². The molecular formula is C12H23N3O. The van der Waals surface area contributed by atoms with Crippen LogP contribution in [0.15, 0.2) is 0 Å². The van der Waals surface area contributed by atoms with Gasteiger partial charge in [-0.25, -0.2) is 4.79 Å². The molecule has 2 fully saturated rings. The maximum atomic E-state index is 11.8. The number of carbonyl (C=O) groups is 1. The molecular weight excluding hydrogens is 202 g/mol. The molecule has 1 saturated heterocycles. The summed E-state index contributed by atoms with van der Waals surface area (Å²) in [7, 11) is 1.89. The minimum atomic E-state index is 0.0945. The molecule has 1 unspecified atom stereocenters. The zero-order valence-electron chi connectivity index (χ0n) is 10.2. The van der Waals surface area contributed by atoms with Crippen molar-refractivity contribution in [2.75, 3.05) is 20.1 Å². The predicted molar refractivity (Wildman–Crippen MR) is 64.4 cm³/mol. The number of rotatable bonds is 3. The number of nitrogens with zero attached hydrogens (tertiary/aromatic N) is 1. The molecule has 4 heteroatoms. The normalized spacial score (nSPS) is 25.9. The first-order chi connectivity index (χ1) is 7.75. The highest BCUT2D eigenvalue weighted by atomic mass is 16.2. The Morgan fingerprint density at radius 1 is 1.31 bits per heavy atom. The number of carbonyl (C=O) groups excluding carboxylic acids is 1. The van der Waals surface area contributed by atoms with Crippen molar-refractivity contribution >= 4 is 6.03 Å².